The zero-order chi connectivity index (χ0) is 19.6. The molecule has 5 heteroatoms. The highest BCUT2D eigenvalue weighted by molar-refractivity contribution is 5.89. The van der Waals surface area contributed by atoms with Crippen LogP contribution in [0.1, 0.15) is 36.6 Å². The van der Waals surface area contributed by atoms with Crippen molar-refractivity contribution < 1.29 is 19.1 Å². The molecule has 0 spiro atoms. The summed E-state index contributed by atoms with van der Waals surface area (Å²) in [6.07, 6.45) is 3.84. The molecular formula is C22H25NO4. The quantitative estimate of drug-likeness (QED) is 0.571. The highest BCUT2D eigenvalue weighted by Gasteiger charge is 2.11. The summed E-state index contributed by atoms with van der Waals surface area (Å²) < 4.78 is 10.2. The van der Waals surface area contributed by atoms with Gasteiger partial charge in [0.2, 0.25) is 0 Å². The fourth-order valence-corrected chi connectivity index (χ4v) is 2.56. The molecule has 0 saturated carbocycles. The topological polar surface area (TPSA) is 64.6 Å². The predicted molar refractivity (Wildman–Crippen MR) is 105 cm³/mol. The maximum atomic E-state index is 12.0. The summed E-state index contributed by atoms with van der Waals surface area (Å²) in [5, 5.41) is 2.82. The van der Waals surface area contributed by atoms with Crippen LogP contribution in [0.3, 0.4) is 0 Å². The molecule has 0 bridgehead atoms. The molecular weight excluding hydrogens is 342 g/mol. The Kier molecular flexibility index (Phi) is 7.62. The molecule has 0 aliphatic carbocycles. The lowest BCUT2D eigenvalue weighted by molar-refractivity contribution is -0.144. The minimum atomic E-state index is -0.587. The van der Waals surface area contributed by atoms with Gasteiger partial charge in [0.1, 0.15) is 5.75 Å². The molecule has 142 valence electrons. The minimum absolute atomic E-state index is 0.161. The summed E-state index contributed by atoms with van der Waals surface area (Å²) in [6, 6.07) is 15.2. The zero-order valence-corrected chi connectivity index (χ0v) is 15.9. The summed E-state index contributed by atoms with van der Waals surface area (Å²) in [4.78, 5) is 23.8. The van der Waals surface area contributed by atoms with Crippen LogP contribution in [0.5, 0.6) is 5.75 Å². The monoisotopic (exact) mass is 367 g/mol. The van der Waals surface area contributed by atoms with Crippen molar-refractivity contribution >= 4 is 18.0 Å². The van der Waals surface area contributed by atoms with Gasteiger partial charge in [-0.15, -0.1) is 0 Å². The third-order valence-electron chi connectivity index (χ3n) is 4.15. The van der Waals surface area contributed by atoms with E-state index in [-0.39, 0.29) is 18.6 Å². The highest BCUT2D eigenvalue weighted by Crippen LogP contribution is 2.18. The van der Waals surface area contributed by atoms with Gasteiger partial charge in [-0.05, 0) is 36.6 Å². The number of hydrogen-bond donors (Lipinski definition) is 1. The van der Waals surface area contributed by atoms with Crippen LogP contribution < -0.4 is 10.1 Å². The van der Waals surface area contributed by atoms with Crippen LogP contribution in [-0.4, -0.2) is 25.6 Å². The first kappa shape index (κ1) is 20.2. The molecule has 1 amide bonds. The molecule has 0 aliphatic rings. The standard InChI is InChI=1S/C22H25NO4/c1-4-17-9-11-18(12-10-17)16(2)23-21(24)15-27-22(25)14-13-19-7-5-6-8-20(19)26-3/h5-14,16H,4,15H2,1-3H3,(H,23,24)/b14-13+/t16-/m1/s1. The Bertz CT molecular complexity index is 796. The Morgan fingerprint density at radius 3 is 2.48 bits per heavy atom. The van der Waals surface area contributed by atoms with Crippen LogP contribution in [-0.2, 0) is 20.7 Å². The number of carbonyl (C=O) groups excluding carboxylic acids is 2. The molecule has 0 unspecified atom stereocenters. The normalized spacial score (nSPS) is 11.8. The summed E-state index contributed by atoms with van der Waals surface area (Å²) >= 11 is 0. The number of esters is 1. The smallest absolute Gasteiger partial charge is 0.331 e. The summed E-state index contributed by atoms with van der Waals surface area (Å²) in [7, 11) is 1.56. The van der Waals surface area contributed by atoms with Crippen LogP contribution in [0, 0.1) is 0 Å². The van der Waals surface area contributed by atoms with Crippen LogP contribution in [0.25, 0.3) is 6.08 Å². The molecule has 0 aromatic heterocycles. The van der Waals surface area contributed by atoms with E-state index in [4.69, 9.17) is 9.47 Å². The Hall–Kier alpha value is -3.08. The van der Waals surface area contributed by atoms with Crippen molar-refractivity contribution in [2.45, 2.75) is 26.3 Å². The number of rotatable bonds is 8. The van der Waals surface area contributed by atoms with E-state index in [2.05, 4.69) is 12.2 Å². The number of methoxy groups -OCH3 is 1. The summed E-state index contributed by atoms with van der Waals surface area (Å²) in [6.45, 7) is 3.66. The van der Waals surface area contributed by atoms with Crippen molar-refractivity contribution in [3.8, 4) is 5.75 Å². The number of nitrogens with one attached hydrogen (secondary N) is 1. The van der Waals surface area contributed by atoms with Gasteiger partial charge in [0.05, 0.1) is 13.2 Å². The van der Waals surface area contributed by atoms with E-state index >= 15 is 0 Å². The lowest BCUT2D eigenvalue weighted by atomic mass is 10.1. The van der Waals surface area contributed by atoms with Crippen LogP contribution in [0.15, 0.2) is 54.6 Å². The highest BCUT2D eigenvalue weighted by atomic mass is 16.5. The molecule has 2 rings (SSSR count). The number of carbonyl (C=O) groups is 2. The Morgan fingerprint density at radius 2 is 1.81 bits per heavy atom. The number of ether oxygens (including phenoxy) is 2. The molecule has 0 saturated heterocycles. The van der Waals surface area contributed by atoms with E-state index in [0.717, 1.165) is 17.5 Å². The molecule has 2 aromatic carbocycles. The first-order valence-electron chi connectivity index (χ1n) is 8.89. The number of amides is 1. The van der Waals surface area contributed by atoms with E-state index in [9.17, 15) is 9.59 Å². The van der Waals surface area contributed by atoms with Gasteiger partial charge in [-0.1, -0.05) is 49.4 Å². The fraction of sp³-hybridized carbons (Fsp3) is 0.273. The predicted octanol–water partition coefficient (Wildman–Crippen LogP) is 3.69. The van der Waals surface area contributed by atoms with Crippen molar-refractivity contribution in [3.63, 3.8) is 0 Å². The van der Waals surface area contributed by atoms with Crippen molar-refractivity contribution in [3.05, 3.63) is 71.3 Å². The second-order valence-electron chi connectivity index (χ2n) is 6.07. The largest absolute Gasteiger partial charge is 0.496 e. The maximum Gasteiger partial charge on any atom is 0.331 e. The molecule has 1 N–H and O–H groups in total. The Balaban J connectivity index is 1.81. The van der Waals surface area contributed by atoms with Gasteiger partial charge in [0.15, 0.2) is 6.61 Å². The van der Waals surface area contributed by atoms with Crippen molar-refractivity contribution in [2.75, 3.05) is 13.7 Å². The van der Waals surface area contributed by atoms with Crippen LogP contribution >= 0.6 is 0 Å². The van der Waals surface area contributed by atoms with E-state index in [0.29, 0.717) is 5.75 Å². The minimum Gasteiger partial charge on any atom is -0.496 e. The van der Waals surface area contributed by atoms with Crippen molar-refractivity contribution in [2.24, 2.45) is 0 Å². The number of para-hydroxylation sites is 1. The Morgan fingerprint density at radius 1 is 1.11 bits per heavy atom. The molecule has 27 heavy (non-hydrogen) atoms. The molecule has 0 aliphatic heterocycles. The molecule has 0 heterocycles. The van der Waals surface area contributed by atoms with Crippen molar-refractivity contribution in [1.29, 1.82) is 0 Å². The first-order valence-corrected chi connectivity index (χ1v) is 8.89. The van der Waals surface area contributed by atoms with Gasteiger partial charge >= 0.3 is 5.97 Å². The van der Waals surface area contributed by atoms with Crippen LogP contribution in [0.2, 0.25) is 0 Å². The second-order valence-corrected chi connectivity index (χ2v) is 6.07. The van der Waals surface area contributed by atoms with E-state index in [1.165, 1.54) is 11.6 Å². The van der Waals surface area contributed by atoms with Gasteiger partial charge in [-0.2, -0.15) is 0 Å². The lowest BCUT2D eigenvalue weighted by Crippen LogP contribution is -2.30. The van der Waals surface area contributed by atoms with Crippen molar-refractivity contribution in [1.82, 2.24) is 5.32 Å². The molecule has 2 aromatic rings. The van der Waals surface area contributed by atoms with Gasteiger partial charge < -0.3 is 14.8 Å². The Labute approximate surface area is 160 Å². The number of benzene rings is 2. The molecule has 0 fully saturated rings. The maximum absolute atomic E-state index is 12.0. The van der Waals surface area contributed by atoms with E-state index in [1.807, 2.05) is 49.4 Å². The molecule has 0 radical (unpaired) electrons. The van der Waals surface area contributed by atoms with Gasteiger partial charge in [0.25, 0.3) is 5.91 Å². The average molecular weight is 367 g/mol. The number of aryl methyl sites for hydroxylation is 1. The molecule has 5 nitrogen and oxygen atoms in total. The van der Waals surface area contributed by atoms with Gasteiger partial charge in [-0.3, -0.25) is 4.79 Å². The second kappa shape index (κ2) is 10.2. The SMILES string of the molecule is CCc1ccc([C@@H](C)NC(=O)COC(=O)/C=C/c2ccccc2OC)cc1. The van der Waals surface area contributed by atoms with Gasteiger partial charge in [-0.25, -0.2) is 4.79 Å². The zero-order valence-electron chi connectivity index (χ0n) is 15.9. The average Bonchev–Trinajstić information content (AvgIpc) is 2.70. The number of hydrogen-bond acceptors (Lipinski definition) is 4. The van der Waals surface area contributed by atoms with E-state index in [1.54, 1.807) is 19.3 Å². The molecule has 1 atom stereocenters. The third kappa shape index (κ3) is 6.29. The lowest BCUT2D eigenvalue weighted by Gasteiger charge is -2.14. The first-order chi connectivity index (χ1) is 13.0. The third-order valence-corrected chi connectivity index (χ3v) is 4.15. The fourth-order valence-electron chi connectivity index (χ4n) is 2.56. The van der Waals surface area contributed by atoms with Gasteiger partial charge in [0, 0.05) is 11.6 Å². The summed E-state index contributed by atoms with van der Waals surface area (Å²) in [5.74, 6) is -0.278. The van der Waals surface area contributed by atoms with E-state index < -0.39 is 5.97 Å². The van der Waals surface area contributed by atoms with Crippen LogP contribution in [0.4, 0.5) is 0 Å². The summed E-state index contributed by atoms with van der Waals surface area (Å²) in [5.41, 5.74) is 3.00.